The van der Waals surface area contributed by atoms with Gasteiger partial charge in [0.1, 0.15) is 0 Å². The summed E-state index contributed by atoms with van der Waals surface area (Å²) in [6.45, 7) is 8.70. The Kier molecular flexibility index (Phi) is 4.38. The van der Waals surface area contributed by atoms with E-state index in [1.54, 1.807) is 0 Å². The molecule has 1 amide bonds. The van der Waals surface area contributed by atoms with E-state index in [1.165, 1.54) is 0 Å². The molecule has 5 nitrogen and oxygen atoms in total. The first-order chi connectivity index (χ1) is 12.4. The standard InChI is InChI=1S/C21H28N2O3/c1-4-14-19(20(25)23-7-9-26-10-8-23)17(13-5-6-13)18-15(22-14)11-21(2,3)12-16(18)24/h13H,4-12H2,1-3H3. The molecule has 0 unspecified atom stereocenters. The van der Waals surface area contributed by atoms with Gasteiger partial charge < -0.3 is 9.64 Å². The number of aromatic nitrogens is 1. The van der Waals surface area contributed by atoms with E-state index >= 15 is 0 Å². The highest BCUT2D eigenvalue weighted by molar-refractivity contribution is 6.05. The summed E-state index contributed by atoms with van der Waals surface area (Å²) in [5, 5.41) is 0. The summed E-state index contributed by atoms with van der Waals surface area (Å²) in [5.41, 5.74) is 4.25. The van der Waals surface area contributed by atoms with Crippen LogP contribution in [-0.2, 0) is 17.6 Å². The molecule has 4 rings (SSSR count). The zero-order valence-corrected chi connectivity index (χ0v) is 16.1. The van der Waals surface area contributed by atoms with Crippen LogP contribution in [0.1, 0.15) is 83.6 Å². The summed E-state index contributed by atoms with van der Waals surface area (Å²) in [7, 11) is 0. The van der Waals surface area contributed by atoms with Gasteiger partial charge in [0.15, 0.2) is 5.78 Å². The van der Waals surface area contributed by atoms with Crippen molar-refractivity contribution >= 4 is 11.7 Å². The minimum atomic E-state index is -0.0569. The fourth-order valence-corrected chi connectivity index (χ4v) is 4.39. The van der Waals surface area contributed by atoms with Gasteiger partial charge in [0, 0.05) is 25.1 Å². The van der Waals surface area contributed by atoms with Gasteiger partial charge in [0.25, 0.3) is 5.91 Å². The Balaban J connectivity index is 1.87. The Morgan fingerprint density at radius 1 is 1.23 bits per heavy atom. The van der Waals surface area contributed by atoms with E-state index in [9.17, 15) is 9.59 Å². The molecule has 1 saturated carbocycles. The second kappa shape index (κ2) is 6.45. The van der Waals surface area contributed by atoms with Crippen LogP contribution < -0.4 is 0 Å². The number of aryl methyl sites for hydroxylation is 1. The van der Waals surface area contributed by atoms with Crippen molar-refractivity contribution in [3.63, 3.8) is 0 Å². The fourth-order valence-electron chi connectivity index (χ4n) is 4.39. The molecule has 5 heteroatoms. The number of morpholine rings is 1. The zero-order valence-electron chi connectivity index (χ0n) is 16.1. The molecule has 3 aliphatic rings. The minimum Gasteiger partial charge on any atom is -0.378 e. The van der Waals surface area contributed by atoms with Crippen molar-refractivity contribution in [2.75, 3.05) is 26.3 Å². The molecule has 2 fully saturated rings. The van der Waals surface area contributed by atoms with E-state index in [-0.39, 0.29) is 17.1 Å². The first kappa shape index (κ1) is 17.7. The van der Waals surface area contributed by atoms with Crippen LogP contribution in [0.2, 0.25) is 0 Å². The van der Waals surface area contributed by atoms with Crippen molar-refractivity contribution in [2.24, 2.45) is 5.41 Å². The van der Waals surface area contributed by atoms with Gasteiger partial charge in [0.2, 0.25) is 0 Å². The van der Waals surface area contributed by atoms with Gasteiger partial charge in [-0.1, -0.05) is 20.8 Å². The Morgan fingerprint density at radius 2 is 1.92 bits per heavy atom. The fraction of sp³-hybridized carbons (Fsp3) is 0.667. The van der Waals surface area contributed by atoms with Gasteiger partial charge in [-0.05, 0) is 42.6 Å². The third kappa shape index (κ3) is 3.07. The zero-order chi connectivity index (χ0) is 18.5. The Labute approximate surface area is 155 Å². The third-order valence-corrected chi connectivity index (χ3v) is 5.78. The summed E-state index contributed by atoms with van der Waals surface area (Å²) < 4.78 is 5.40. The van der Waals surface area contributed by atoms with E-state index in [1.807, 2.05) is 4.90 Å². The van der Waals surface area contributed by atoms with Crippen LogP contribution >= 0.6 is 0 Å². The number of ether oxygens (including phenoxy) is 1. The topological polar surface area (TPSA) is 59.5 Å². The maximum absolute atomic E-state index is 13.4. The molecule has 0 aromatic carbocycles. The number of carbonyl (C=O) groups is 2. The lowest BCUT2D eigenvalue weighted by Gasteiger charge is -2.33. The molecule has 0 radical (unpaired) electrons. The monoisotopic (exact) mass is 356 g/mol. The van der Waals surface area contributed by atoms with E-state index in [4.69, 9.17) is 9.72 Å². The lowest BCUT2D eigenvalue weighted by Crippen LogP contribution is -2.42. The summed E-state index contributed by atoms with van der Waals surface area (Å²) in [5.74, 6) is 0.562. The second-order valence-electron chi connectivity index (χ2n) is 8.64. The molecule has 2 aliphatic carbocycles. The Morgan fingerprint density at radius 3 is 2.54 bits per heavy atom. The summed E-state index contributed by atoms with van der Waals surface area (Å²) in [4.78, 5) is 33.1. The van der Waals surface area contributed by atoms with Gasteiger partial charge in [-0.15, -0.1) is 0 Å². The predicted octanol–water partition coefficient (Wildman–Crippen LogP) is 3.15. The number of nitrogens with zero attached hydrogens (tertiary/aromatic N) is 2. The van der Waals surface area contributed by atoms with Crippen LogP contribution in [0.5, 0.6) is 0 Å². The normalized spacial score (nSPS) is 22.3. The number of hydrogen-bond acceptors (Lipinski definition) is 4. The molecule has 26 heavy (non-hydrogen) atoms. The second-order valence-corrected chi connectivity index (χ2v) is 8.64. The molecule has 0 atom stereocenters. The minimum absolute atomic E-state index is 0.0417. The largest absolute Gasteiger partial charge is 0.378 e. The van der Waals surface area contributed by atoms with E-state index < -0.39 is 0 Å². The molecule has 140 valence electrons. The van der Waals surface area contributed by atoms with Gasteiger partial charge in [-0.3, -0.25) is 14.6 Å². The predicted molar refractivity (Wildman–Crippen MR) is 98.7 cm³/mol. The lowest BCUT2D eigenvalue weighted by atomic mass is 9.73. The number of pyridine rings is 1. The lowest BCUT2D eigenvalue weighted by molar-refractivity contribution is 0.0301. The van der Waals surface area contributed by atoms with Crippen LogP contribution in [0.25, 0.3) is 0 Å². The number of rotatable bonds is 3. The van der Waals surface area contributed by atoms with Crippen molar-refractivity contribution in [2.45, 2.75) is 58.8 Å². The van der Waals surface area contributed by atoms with Crippen LogP contribution in [-0.4, -0.2) is 47.9 Å². The van der Waals surface area contributed by atoms with Crippen molar-refractivity contribution in [1.82, 2.24) is 9.88 Å². The first-order valence-electron chi connectivity index (χ1n) is 9.87. The van der Waals surface area contributed by atoms with Crippen LogP contribution in [0.3, 0.4) is 0 Å². The number of fused-ring (bicyclic) bond motifs is 1. The highest BCUT2D eigenvalue weighted by Crippen LogP contribution is 2.47. The smallest absolute Gasteiger partial charge is 0.256 e. The van der Waals surface area contributed by atoms with Crippen molar-refractivity contribution in [1.29, 1.82) is 0 Å². The number of carbonyl (C=O) groups excluding carboxylic acids is 2. The molecule has 1 aromatic heterocycles. The first-order valence-corrected chi connectivity index (χ1v) is 9.87. The Hall–Kier alpha value is -1.75. The summed E-state index contributed by atoms with van der Waals surface area (Å²) in [6, 6.07) is 0. The maximum atomic E-state index is 13.4. The highest BCUT2D eigenvalue weighted by atomic mass is 16.5. The van der Waals surface area contributed by atoms with Crippen LogP contribution in [0.15, 0.2) is 0 Å². The van der Waals surface area contributed by atoms with Gasteiger partial charge in [0.05, 0.1) is 30.2 Å². The van der Waals surface area contributed by atoms with Crippen molar-refractivity contribution in [3.05, 3.63) is 28.1 Å². The molecule has 1 aromatic rings. The molecule has 0 spiro atoms. The number of amides is 1. The molecule has 2 heterocycles. The molecular formula is C21H28N2O3. The van der Waals surface area contributed by atoms with Gasteiger partial charge >= 0.3 is 0 Å². The number of ketones is 1. The highest BCUT2D eigenvalue weighted by Gasteiger charge is 2.41. The molecule has 0 bridgehead atoms. The summed E-state index contributed by atoms with van der Waals surface area (Å²) in [6.07, 6.45) is 4.21. The van der Waals surface area contributed by atoms with Gasteiger partial charge in [-0.2, -0.15) is 0 Å². The third-order valence-electron chi connectivity index (χ3n) is 5.78. The van der Waals surface area contributed by atoms with Crippen molar-refractivity contribution < 1.29 is 14.3 Å². The Bertz CT molecular complexity index is 759. The quantitative estimate of drug-likeness (QED) is 0.835. The van der Waals surface area contributed by atoms with Crippen molar-refractivity contribution in [3.8, 4) is 0 Å². The average molecular weight is 356 g/mol. The van der Waals surface area contributed by atoms with E-state index in [0.717, 1.165) is 47.3 Å². The van der Waals surface area contributed by atoms with E-state index in [2.05, 4.69) is 20.8 Å². The molecular weight excluding hydrogens is 328 g/mol. The summed E-state index contributed by atoms with van der Waals surface area (Å²) >= 11 is 0. The van der Waals surface area contributed by atoms with E-state index in [0.29, 0.717) is 45.1 Å². The molecule has 1 aliphatic heterocycles. The van der Waals surface area contributed by atoms with Crippen LogP contribution in [0, 0.1) is 5.41 Å². The van der Waals surface area contributed by atoms with Gasteiger partial charge in [-0.25, -0.2) is 0 Å². The molecule has 1 saturated heterocycles. The van der Waals surface area contributed by atoms with Crippen LogP contribution in [0.4, 0.5) is 0 Å². The SMILES string of the molecule is CCc1nc2c(c(C3CC3)c1C(=O)N1CCOCC1)C(=O)CC(C)(C)C2. The molecule has 0 N–H and O–H groups in total. The average Bonchev–Trinajstić information content (AvgIpc) is 3.44. The number of Topliss-reactive ketones (excluding diaryl/α,β-unsaturated/α-hetero) is 1. The number of hydrogen-bond donors (Lipinski definition) is 0. The maximum Gasteiger partial charge on any atom is 0.256 e.